The van der Waals surface area contributed by atoms with Crippen molar-refractivity contribution in [2.24, 2.45) is 23.2 Å². The van der Waals surface area contributed by atoms with E-state index in [0.29, 0.717) is 31.7 Å². The number of rotatable bonds is 8. The molecule has 1 aliphatic carbocycles. The largest absolute Gasteiger partial charge is 0.503 e. The van der Waals surface area contributed by atoms with E-state index in [9.17, 15) is 28.3 Å². The number of halogens is 2. The minimum Gasteiger partial charge on any atom is -0.503 e. The van der Waals surface area contributed by atoms with E-state index >= 15 is 0 Å². The number of nitrogens with one attached hydrogen (secondary N) is 1. The first-order valence-corrected chi connectivity index (χ1v) is 12.4. The number of ketones is 1. The number of aromatic nitrogens is 1. The van der Waals surface area contributed by atoms with Gasteiger partial charge < -0.3 is 19.7 Å². The molecule has 36 heavy (non-hydrogen) atoms. The summed E-state index contributed by atoms with van der Waals surface area (Å²) in [6.07, 6.45) is 3.21. The lowest BCUT2D eigenvalue weighted by Crippen LogP contribution is -2.31. The van der Waals surface area contributed by atoms with Gasteiger partial charge in [-0.1, -0.05) is 19.9 Å². The van der Waals surface area contributed by atoms with Crippen molar-refractivity contribution in [1.29, 1.82) is 0 Å². The van der Waals surface area contributed by atoms with Gasteiger partial charge in [0.05, 0.1) is 0 Å². The minimum atomic E-state index is -0.954. The number of amides is 1. The molecule has 1 aliphatic heterocycles. The van der Waals surface area contributed by atoms with Crippen LogP contribution in [-0.4, -0.2) is 34.6 Å². The fourth-order valence-corrected chi connectivity index (χ4v) is 5.60. The molecule has 9 heteroatoms. The van der Waals surface area contributed by atoms with E-state index in [2.05, 4.69) is 19.2 Å². The van der Waals surface area contributed by atoms with Crippen LogP contribution >= 0.6 is 0 Å². The Morgan fingerprint density at radius 1 is 1.28 bits per heavy atom. The highest BCUT2D eigenvalue weighted by atomic mass is 19.1. The third-order valence-electron chi connectivity index (χ3n) is 7.49. The number of pyridine rings is 1. The summed E-state index contributed by atoms with van der Waals surface area (Å²) in [5.74, 6) is -2.80. The molecule has 1 unspecified atom stereocenters. The van der Waals surface area contributed by atoms with Crippen LogP contribution in [0.4, 0.5) is 8.78 Å². The summed E-state index contributed by atoms with van der Waals surface area (Å²) in [4.78, 5) is 39.0. The van der Waals surface area contributed by atoms with E-state index in [1.807, 2.05) is 6.92 Å². The molecule has 2 N–H and O–H groups in total. The first kappa shape index (κ1) is 26.0. The third-order valence-corrected chi connectivity index (χ3v) is 7.49. The Kier molecular flexibility index (Phi) is 7.31. The number of hydrogen-bond donors (Lipinski definition) is 2. The SMILES string of the molecule is CCOC[C@H]1C[C@@]12Cn1cc(C(=O)NCc3ccc(F)cc3F)c(=O)c(O)c1C(=O)CC2CC(C)C. The molecule has 2 heterocycles. The first-order chi connectivity index (χ1) is 17.1. The van der Waals surface area contributed by atoms with Gasteiger partial charge in [-0.2, -0.15) is 0 Å². The Labute approximate surface area is 208 Å². The van der Waals surface area contributed by atoms with E-state index in [0.717, 1.165) is 18.9 Å². The van der Waals surface area contributed by atoms with Gasteiger partial charge in [0.25, 0.3) is 5.91 Å². The van der Waals surface area contributed by atoms with Crippen molar-refractivity contribution in [3.8, 4) is 5.75 Å². The predicted molar refractivity (Wildman–Crippen MR) is 129 cm³/mol. The van der Waals surface area contributed by atoms with Crippen LogP contribution in [0.15, 0.2) is 29.2 Å². The molecule has 1 spiro atoms. The monoisotopic (exact) mass is 502 g/mol. The number of carbonyl (C=O) groups excluding carboxylic acids is 2. The third kappa shape index (κ3) is 4.93. The zero-order valence-electron chi connectivity index (χ0n) is 20.8. The second kappa shape index (κ2) is 10.1. The lowest BCUT2D eigenvalue weighted by molar-refractivity contribution is 0.0885. The second-order valence-corrected chi connectivity index (χ2v) is 10.4. The van der Waals surface area contributed by atoms with Crippen molar-refractivity contribution in [2.45, 2.75) is 53.1 Å². The lowest BCUT2D eigenvalue weighted by Gasteiger charge is -2.28. The molecule has 2 aromatic rings. The van der Waals surface area contributed by atoms with E-state index in [1.54, 1.807) is 4.57 Å². The Bertz CT molecular complexity index is 1240. The number of aromatic hydroxyl groups is 1. The highest BCUT2D eigenvalue weighted by molar-refractivity contribution is 6.00. The number of nitrogens with zero attached hydrogens (tertiary/aromatic N) is 1. The predicted octanol–water partition coefficient (Wildman–Crippen LogP) is 4.05. The molecule has 0 saturated heterocycles. The summed E-state index contributed by atoms with van der Waals surface area (Å²) in [6.45, 7) is 7.39. The maximum Gasteiger partial charge on any atom is 0.257 e. The van der Waals surface area contributed by atoms with E-state index in [4.69, 9.17) is 4.74 Å². The number of ether oxygens (including phenoxy) is 1. The molecule has 3 atom stereocenters. The molecule has 1 fully saturated rings. The Hall–Kier alpha value is -3.07. The molecule has 2 aliphatic rings. The van der Waals surface area contributed by atoms with Gasteiger partial charge in [0.2, 0.25) is 5.43 Å². The molecule has 7 nitrogen and oxygen atoms in total. The maximum absolute atomic E-state index is 14.0. The molecule has 1 saturated carbocycles. The molecule has 0 radical (unpaired) electrons. The topological polar surface area (TPSA) is 97.6 Å². The highest BCUT2D eigenvalue weighted by Crippen LogP contribution is 2.62. The van der Waals surface area contributed by atoms with Crippen molar-refractivity contribution in [3.63, 3.8) is 0 Å². The van der Waals surface area contributed by atoms with Crippen LogP contribution in [0.3, 0.4) is 0 Å². The van der Waals surface area contributed by atoms with Crippen LogP contribution in [0.25, 0.3) is 0 Å². The van der Waals surface area contributed by atoms with Crippen LogP contribution in [0.5, 0.6) is 5.75 Å². The number of fused-ring (bicyclic) bond motifs is 1. The Balaban J connectivity index is 1.66. The molecule has 1 aromatic heterocycles. The van der Waals surface area contributed by atoms with Crippen molar-refractivity contribution in [2.75, 3.05) is 13.2 Å². The fourth-order valence-electron chi connectivity index (χ4n) is 5.60. The zero-order chi connectivity index (χ0) is 26.2. The number of carbonyl (C=O) groups is 2. The summed E-state index contributed by atoms with van der Waals surface area (Å²) in [6, 6.07) is 2.98. The first-order valence-electron chi connectivity index (χ1n) is 12.4. The summed E-state index contributed by atoms with van der Waals surface area (Å²) < 4.78 is 34.3. The minimum absolute atomic E-state index is 0.0474. The summed E-state index contributed by atoms with van der Waals surface area (Å²) in [5.41, 5.74) is -1.55. The normalized spacial score (nSPS) is 23.0. The van der Waals surface area contributed by atoms with Gasteiger partial charge >= 0.3 is 0 Å². The molecular formula is C27H32F2N2O5. The van der Waals surface area contributed by atoms with Crippen LogP contribution in [0.1, 0.15) is 66.4 Å². The zero-order valence-corrected chi connectivity index (χ0v) is 20.8. The Morgan fingerprint density at radius 2 is 2.03 bits per heavy atom. The van der Waals surface area contributed by atoms with Crippen molar-refractivity contribution >= 4 is 11.7 Å². The summed E-state index contributed by atoms with van der Waals surface area (Å²) in [7, 11) is 0. The van der Waals surface area contributed by atoms with Crippen molar-refractivity contribution in [1.82, 2.24) is 9.88 Å². The standard InChI is InChI=1S/C27H32F2N2O5/c1-4-36-13-18-10-27(18)14-31-12-20(26(35)30-11-16-5-6-19(28)9-21(16)29)24(33)25(34)23(31)22(32)8-17(27)7-15(2)3/h5-6,9,12,15,17-18,34H,4,7-8,10-11,13-14H2,1-3H3,(H,30,35)/t17?,18-,27+/m1/s1. The lowest BCUT2D eigenvalue weighted by atomic mass is 9.78. The van der Waals surface area contributed by atoms with Gasteiger partial charge in [-0.3, -0.25) is 14.4 Å². The van der Waals surface area contributed by atoms with E-state index in [1.165, 1.54) is 12.3 Å². The van der Waals surface area contributed by atoms with Crippen LogP contribution < -0.4 is 10.7 Å². The fraction of sp³-hybridized carbons (Fsp3) is 0.519. The highest BCUT2D eigenvalue weighted by Gasteiger charge is 2.60. The maximum atomic E-state index is 14.0. The van der Waals surface area contributed by atoms with Crippen LogP contribution in [-0.2, 0) is 17.8 Å². The van der Waals surface area contributed by atoms with Crippen molar-refractivity contribution < 1.29 is 28.2 Å². The number of benzene rings is 1. The molecule has 1 aromatic carbocycles. The van der Waals surface area contributed by atoms with Gasteiger partial charge in [0.15, 0.2) is 11.5 Å². The molecule has 0 bridgehead atoms. The smallest absolute Gasteiger partial charge is 0.257 e. The summed E-state index contributed by atoms with van der Waals surface area (Å²) >= 11 is 0. The van der Waals surface area contributed by atoms with Gasteiger partial charge in [-0.25, -0.2) is 8.78 Å². The Morgan fingerprint density at radius 3 is 2.69 bits per heavy atom. The second-order valence-electron chi connectivity index (χ2n) is 10.4. The molecule has 1 amide bonds. The number of Topliss-reactive ketones (excluding diaryl/α,β-unsaturated/α-hetero) is 1. The molecule has 4 rings (SSSR count). The van der Waals surface area contributed by atoms with Gasteiger partial charge in [0, 0.05) is 50.6 Å². The summed E-state index contributed by atoms with van der Waals surface area (Å²) in [5, 5.41) is 13.2. The molecule has 194 valence electrons. The quantitative estimate of drug-likeness (QED) is 0.568. The van der Waals surface area contributed by atoms with E-state index < -0.39 is 28.7 Å². The average molecular weight is 503 g/mol. The average Bonchev–Trinajstić information content (AvgIpc) is 3.53. The molecular weight excluding hydrogens is 470 g/mol. The number of hydrogen-bond acceptors (Lipinski definition) is 5. The van der Waals surface area contributed by atoms with Gasteiger partial charge in [-0.15, -0.1) is 0 Å². The van der Waals surface area contributed by atoms with Crippen molar-refractivity contribution in [3.05, 3.63) is 63.1 Å². The van der Waals surface area contributed by atoms with Gasteiger partial charge in [0.1, 0.15) is 22.9 Å². The van der Waals surface area contributed by atoms with E-state index in [-0.39, 0.29) is 52.8 Å². The van der Waals surface area contributed by atoms with Crippen LogP contribution in [0.2, 0.25) is 0 Å². The van der Waals surface area contributed by atoms with Crippen LogP contribution in [0, 0.1) is 34.8 Å². The van der Waals surface area contributed by atoms with Gasteiger partial charge in [-0.05, 0) is 49.0 Å².